The molecule has 148 valence electrons. The molecule has 4 rings (SSSR count). The summed E-state index contributed by atoms with van der Waals surface area (Å²) >= 11 is 0. The second-order valence-electron chi connectivity index (χ2n) is 7.22. The lowest BCUT2D eigenvalue weighted by atomic mass is 9.99. The summed E-state index contributed by atoms with van der Waals surface area (Å²) < 4.78 is 10.7. The Morgan fingerprint density at radius 1 is 1.17 bits per heavy atom. The monoisotopic (exact) mass is 391 g/mol. The number of rotatable bonds is 6. The van der Waals surface area contributed by atoms with Gasteiger partial charge in [0.1, 0.15) is 5.58 Å². The van der Waals surface area contributed by atoms with Crippen LogP contribution in [-0.2, 0) is 27.2 Å². The summed E-state index contributed by atoms with van der Waals surface area (Å²) in [6, 6.07) is 10.9. The summed E-state index contributed by atoms with van der Waals surface area (Å²) in [6.07, 6.45) is 2.49. The van der Waals surface area contributed by atoms with Gasteiger partial charge in [-0.1, -0.05) is 19.1 Å². The third-order valence-corrected chi connectivity index (χ3v) is 5.32. The van der Waals surface area contributed by atoms with Crippen LogP contribution in [0.5, 0.6) is 0 Å². The molecule has 0 saturated heterocycles. The maximum atomic E-state index is 12.4. The number of carbonyl (C=O) groups excluding carboxylic acids is 3. The quantitative estimate of drug-likeness (QED) is 0.507. The fraction of sp³-hybridized carbons (Fsp3) is 0.261. The zero-order valence-corrected chi connectivity index (χ0v) is 16.3. The van der Waals surface area contributed by atoms with Gasteiger partial charge in [-0.05, 0) is 48.7 Å². The molecular weight excluding hydrogens is 370 g/mol. The largest absolute Gasteiger partial charge is 0.464 e. The molecule has 1 aliphatic heterocycles. The van der Waals surface area contributed by atoms with E-state index in [-0.39, 0.29) is 30.6 Å². The van der Waals surface area contributed by atoms with E-state index < -0.39 is 5.97 Å². The van der Waals surface area contributed by atoms with E-state index >= 15 is 0 Å². The Bertz CT molecular complexity index is 1130. The number of amides is 1. The normalized spacial score (nSPS) is 15.2. The van der Waals surface area contributed by atoms with Gasteiger partial charge in [0.2, 0.25) is 5.91 Å². The molecule has 6 nitrogen and oxygen atoms in total. The molecule has 0 unspecified atom stereocenters. The fourth-order valence-corrected chi connectivity index (χ4v) is 3.51. The first kappa shape index (κ1) is 18.9. The molecule has 0 saturated carbocycles. The summed E-state index contributed by atoms with van der Waals surface area (Å²) in [5, 5.41) is 3.64. The van der Waals surface area contributed by atoms with Gasteiger partial charge in [-0.15, -0.1) is 0 Å². The van der Waals surface area contributed by atoms with Crippen LogP contribution in [0, 0.1) is 0 Å². The topological polar surface area (TPSA) is 85.6 Å². The summed E-state index contributed by atoms with van der Waals surface area (Å²) in [5.74, 6) is -1.19. The van der Waals surface area contributed by atoms with Gasteiger partial charge in [-0.25, -0.2) is 0 Å². The van der Waals surface area contributed by atoms with E-state index in [0.717, 1.165) is 34.1 Å². The molecule has 0 aliphatic carbocycles. The highest BCUT2D eigenvalue weighted by Gasteiger charge is 2.27. The number of ether oxygens (including phenoxy) is 1. The highest BCUT2D eigenvalue weighted by molar-refractivity contribution is 6.05. The van der Waals surface area contributed by atoms with Crippen molar-refractivity contribution in [3.05, 3.63) is 64.9 Å². The van der Waals surface area contributed by atoms with E-state index in [4.69, 9.17) is 9.15 Å². The van der Waals surface area contributed by atoms with Crippen molar-refractivity contribution in [2.24, 2.45) is 0 Å². The van der Waals surface area contributed by atoms with Crippen molar-refractivity contribution in [1.82, 2.24) is 0 Å². The maximum Gasteiger partial charge on any atom is 0.310 e. The predicted molar refractivity (Wildman–Crippen MR) is 108 cm³/mol. The molecule has 1 aliphatic rings. The van der Waals surface area contributed by atoms with Crippen molar-refractivity contribution in [2.75, 3.05) is 11.9 Å². The second kappa shape index (κ2) is 7.54. The Hall–Kier alpha value is -3.41. The van der Waals surface area contributed by atoms with E-state index in [1.165, 1.54) is 0 Å². The molecule has 6 heteroatoms. The Kier molecular flexibility index (Phi) is 4.92. The third kappa shape index (κ3) is 3.66. The number of hydrogen-bond acceptors (Lipinski definition) is 5. The van der Waals surface area contributed by atoms with Crippen LogP contribution >= 0.6 is 0 Å². The van der Waals surface area contributed by atoms with E-state index in [1.54, 1.807) is 31.4 Å². The van der Waals surface area contributed by atoms with Crippen LogP contribution in [0.4, 0.5) is 5.69 Å². The SMILES string of the molecule is CCc1ccc2c(CC(=O)OCC(=O)c3ccc4c(c3)[C@@H](C)C(=O)N4)coc2c1. The average molecular weight is 391 g/mol. The summed E-state index contributed by atoms with van der Waals surface area (Å²) in [5.41, 5.74) is 4.54. The number of nitrogens with one attached hydrogen (secondary N) is 1. The number of anilines is 1. The highest BCUT2D eigenvalue weighted by atomic mass is 16.5. The van der Waals surface area contributed by atoms with E-state index in [0.29, 0.717) is 11.3 Å². The highest BCUT2D eigenvalue weighted by Crippen LogP contribution is 2.32. The molecule has 1 aromatic heterocycles. The third-order valence-electron chi connectivity index (χ3n) is 5.32. The molecule has 1 atom stereocenters. The van der Waals surface area contributed by atoms with Crippen molar-refractivity contribution < 1.29 is 23.5 Å². The summed E-state index contributed by atoms with van der Waals surface area (Å²) in [7, 11) is 0. The molecule has 2 aromatic carbocycles. The number of hydrogen-bond donors (Lipinski definition) is 1. The Balaban J connectivity index is 1.39. The van der Waals surface area contributed by atoms with Crippen LogP contribution in [0.2, 0.25) is 0 Å². The lowest BCUT2D eigenvalue weighted by molar-refractivity contribution is -0.141. The van der Waals surface area contributed by atoms with Gasteiger partial charge in [0, 0.05) is 22.2 Å². The molecule has 29 heavy (non-hydrogen) atoms. The minimum atomic E-state index is -0.494. The second-order valence-corrected chi connectivity index (χ2v) is 7.22. The van der Waals surface area contributed by atoms with E-state index in [9.17, 15) is 14.4 Å². The van der Waals surface area contributed by atoms with Gasteiger partial charge in [-0.2, -0.15) is 0 Å². The first-order valence-corrected chi connectivity index (χ1v) is 9.59. The number of benzene rings is 2. The van der Waals surface area contributed by atoms with Crippen molar-refractivity contribution in [3.8, 4) is 0 Å². The van der Waals surface area contributed by atoms with Gasteiger partial charge in [0.15, 0.2) is 12.4 Å². The lowest BCUT2D eigenvalue weighted by Gasteiger charge is -2.07. The van der Waals surface area contributed by atoms with Gasteiger partial charge < -0.3 is 14.5 Å². The molecule has 0 radical (unpaired) electrons. The maximum absolute atomic E-state index is 12.4. The standard InChI is InChI=1S/C23H21NO5/c1-3-14-4-6-17-16(11-28-21(17)8-14)10-22(26)29-12-20(25)15-5-7-19-18(9-15)13(2)23(27)24-19/h4-9,11,13H,3,10,12H2,1-2H3,(H,24,27)/t13-/m1/s1. The summed E-state index contributed by atoms with van der Waals surface area (Å²) in [4.78, 5) is 36.4. The van der Waals surface area contributed by atoms with Crippen LogP contribution in [0.25, 0.3) is 11.0 Å². The van der Waals surface area contributed by atoms with Crippen LogP contribution in [0.1, 0.15) is 46.8 Å². The average Bonchev–Trinajstić information content (AvgIpc) is 3.25. The molecule has 1 N–H and O–H groups in total. The first-order valence-electron chi connectivity index (χ1n) is 9.59. The minimum absolute atomic E-state index is 0.0331. The smallest absolute Gasteiger partial charge is 0.310 e. The molecule has 0 spiro atoms. The molecular formula is C23H21NO5. The van der Waals surface area contributed by atoms with E-state index in [2.05, 4.69) is 12.2 Å². The Morgan fingerprint density at radius 3 is 2.79 bits per heavy atom. The lowest BCUT2D eigenvalue weighted by Crippen LogP contribution is -2.15. The number of fused-ring (bicyclic) bond motifs is 2. The van der Waals surface area contributed by atoms with Gasteiger partial charge in [-0.3, -0.25) is 14.4 Å². The van der Waals surface area contributed by atoms with Crippen molar-refractivity contribution in [3.63, 3.8) is 0 Å². The number of Topliss-reactive ketones (excluding diaryl/α,β-unsaturated/α-hetero) is 1. The number of furan rings is 1. The van der Waals surface area contributed by atoms with Crippen molar-refractivity contribution in [1.29, 1.82) is 0 Å². The zero-order valence-electron chi connectivity index (χ0n) is 16.3. The van der Waals surface area contributed by atoms with Crippen molar-refractivity contribution >= 4 is 34.3 Å². The first-order chi connectivity index (χ1) is 14.0. The number of ketones is 1. The molecule has 0 fully saturated rings. The van der Waals surface area contributed by atoms with Crippen molar-refractivity contribution in [2.45, 2.75) is 32.6 Å². The molecule has 1 amide bonds. The van der Waals surface area contributed by atoms with Crippen LogP contribution in [0.3, 0.4) is 0 Å². The molecule has 0 bridgehead atoms. The van der Waals surface area contributed by atoms with Gasteiger partial charge in [0.05, 0.1) is 18.6 Å². The van der Waals surface area contributed by atoms with Gasteiger partial charge in [0.25, 0.3) is 0 Å². The van der Waals surface area contributed by atoms with Gasteiger partial charge >= 0.3 is 5.97 Å². The Labute approximate surface area is 167 Å². The predicted octanol–water partition coefficient (Wildman–Crippen LogP) is 4.02. The van der Waals surface area contributed by atoms with Crippen LogP contribution in [0.15, 0.2) is 47.1 Å². The zero-order chi connectivity index (χ0) is 20.5. The molecule has 3 aromatic rings. The minimum Gasteiger partial charge on any atom is -0.464 e. The van der Waals surface area contributed by atoms with E-state index in [1.807, 2.05) is 18.2 Å². The van der Waals surface area contributed by atoms with Crippen LogP contribution in [-0.4, -0.2) is 24.3 Å². The number of esters is 1. The summed E-state index contributed by atoms with van der Waals surface area (Å²) in [6.45, 7) is 3.51. The number of aryl methyl sites for hydroxylation is 1. The van der Waals surface area contributed by atoms with Crippen LogP contribution < -0.4 is 5.32 Å². The Morgan fingerprint density at radius 2 is 2.00 bits per heavy atom. The molecule has 2 heterocycles. The number of carbonyl (C=O) groups is 3. The fourth-order valence-electron chi connectivity index (χ4n) is 3.51.